The first kappa shape index (κ1) is 13.5. The average Bonchev–Trinajstić information content (AvgIpc) is 2.83. The van der Waals surface area contributed by atoms with E-state index >= 15 is 0 Å². The Morgan fingerprint density at radius 2 is 1.90 bits per heavy atom. The van der Waals surface area contributed by atoms with Gasteiger partial charge in [-0.15, -0.1) is 0 Å². The van der Waals surface area contributed by atoms with Gasteiger partial charge in [-0.05, 0) is 36.8 Å². The second-order valence-electron chi connectivity index (χ2n) is 4.74. The van der Waals surface area contributed by atoms with E-state index in [0.717, 1.165) is 17.7 Å². The molecule has 0 aliphatic heterocycles. The number of anilines is 1. The van der Waals surface area contributed by atoms with Gasteiger partial charge in [0.05, 0.1) is 11.1 Å². The Bertz CT molecular complexity index is 821. The first-order valence-electron chi connectivity index (χ1n) is 6.19. The summed E-state index contributed by atoms with van der Waals surface area (Å²) in [6.45, 7) is 1.84. The molecule has 1 heterocycles. The fourth-order valence-corrected chi connectivity index (χ4v) is 2.12. The summed E-state index contributed by atoms with van der Waals surface area (Å²) in [5.41, 5.74) is 7.29. The number of hydrogen-bond donors (Lipinski definition) is 1. The smallest absolute Gasteiger partial charge is 0.416 e. The van der Waals surface area contributed by atoms with Crippen LogP contribution in [0.3, 0.4) is 0 Å². The molecule has 3 rings (SSSR count). The van der Waals surface area contributed by atoms with Crippen LogP contribution in [-0.4, -0.2) is 4.98 Å². The van der Waals surface area contributed by atoms with Gasteiger partial charge in [-0.2, -0.15) is 13.2 Å². The van der Waals surface area contributed by atoms with Crippen LogP contribution in [0.1, 0.15) is 11.1 Å². The molecule has 0 aliphatic rings. The summed E-state index contributed by atoms with van der Waals surface area (Å²) in [7, 11) is 0. The van der Waals surface area contributed by atoms with Gasteiger partial charge in [-0.3, -0.25) is 0 Å². The van der Waals surface area contributed by atoms with Crippen LogP contribution in [0, 0.1) is 6.92 Å². The van der Waals surface area contributed by atoms with E-state index in [-0.39, 0.29) is 17.1 Å². The number of rotatable bonds is 1. The zero-order chi connectivity index (χ0) is 15.2. The number of nitrogen functional groups attached to an aromatic ring is 1. The minimum Gasteiger partial charge on any atom is -0.436 e. The summed E-state index contributed by atoms with van der Waals surface area (Å²) in [4.78, 5) is 4.21. The summed E-state index contributed by atoms with van der Waals surface area (Å²) in [6.07, 6.45) is -4.44. The number of halogens is 3. The van der Waals surface area contributed by atoms with E-state index in [1.165, 1.54) is 6.07 Å². The number of oxazole rings is 1. The number of fused-ring (bicyclic) bond motifs is 1. The van der Waals surface area contributed by atoms with Crippen LogP contribution in [0.4, 0.5) is 18.9 Å². The second kappa shape index (κ2) is 4.51. The molecule has 0 fully saturated rings. The highest BCUT2D eigenvalue weighted by molar-refractivity contribution is 5.81. The average molecular weight is 292 g/mol. The number of alkyl halides is 3. The van der Waals surface area contributed by atoms with Crippen molar-refractivity contribution in [3.8, 4) is 11.5 Å². The number of nitrogens with two attached hydrogens (primary N) is 1. The predicted molar refractivity (Wildman–Crippen MR) is 73.6 cm³/mol. The fourth-order valence-electron chi connectivity index (χ4n) is 2.12. The van der Waals surface area contributed by atoms with Gasteiger partial charge < -0.3 is 10.2 Å². The van der Waals surface area contributed by atoms with Crippen molar-refractivity contribution >= 4 is 16.8 Å². The number of benzene rings is 2. The molecular formula is C15H11F3N2O. The Labute approximate surface area is 118 Å². The maximum absolute atomic E-state index is 12.8. The van der Waals surface area contributed by atoms with Crippen LogP contribution in [0.15, 0.2) is 40.8 Å². The molecule has 0 aliphatic carbocycles. The molecule has 0 amide bonds. The standard InChI is InChI=1S/C15H11F3N2O/c1-8-3-2-4-12-13(8)21-14(20-12)10-7-9(15(16,17)18)5-6-11(10)19/h2-7H,19H2,1H3. The lowest BCUT2D eigenvalue weighted by atomic mass is 10.1. The van der Waals surface area contributed by atoms with Crippen molar-refractivity contribution in [1.82, 2.24) is 4.98 Å². The summed E-state index contributed by atoms with van der Waals surface area (Å²) >= 11 is 0. The van der Waals surface area contributed by atoms with Gasteiger partial charge in [0, 0.05) is 5.69 Å². The van der Waals surface area contributed by atoms with Gasteiger partial charge in [0.2, 0.25) is 5.89 Å². The highest BCUT2D eigenvalue weighted by atomic mass is 19.4. The van der Waals surface area contributed by atoms with Crippen LogP contribution in [0.2, 0.25) is 0 Å². The Hall–Kier alpha value is -2.50. The fraction of sp³-hybridized carbons (Fsp3) is 0.133. The molecule has 6 heteroatoms. The SMILES string of the molecule is Cc1cccc2nc(-c3cc(C(F)(F)F)ccc3N)oc12. The van der Waals surface area contributed by atoms with Gasteiger partial charge >= 0.3 is 6.18 Å². The third kappa shape index (κ3) is 2.33. The van der Waals surface area contributed by atoms with E-state index in [1.807, 2.05) is 13.0 Å². The van der Waals surface area contributed by atoms with Gasteiger partial charge in [-0.1, -0.05) is 12.1 Å². The highest BCUT2D eigenvalue weighted by Crippen LogP contribution is 2.36. The molecule has 108 valence electrons. The van der Waals surface area contributed by atoms with Crippen LogP contribution in [-0.2, 0) is 6.18 Å². The van der Waals surface area contributed by atoms with Crippen molar-refractivity contribution in [2.75, 3.05) is 5.73 Å². The Balaban J connectivity index is 2.20. The Kier molecular flexibility index (Phi) is 2.90. The Morgan fingerprint density at radius 1 is 1.14 bits per heavy atom. The van der Waals surface area contributed by atoms with Gasteiger partial charge in [0.15, 0.2) is 5.58 Å². The molecule has 0 spiro atoms. The maximum atomic E-state index is 12.8. The highest BCUT2D eigenvalue weighted by Gasteiger charge is 2.31. The van der Waals surface area contributed by atoms with E-state index < -0.39 is 11.7 Å². The zero-order valence-corrected chi connectivity index (χ0v) is 11.0. The zero-order valence-electron chi connectivity index (χ0n) is 11.0. The van der Waals surface area contributed by atoms with Crippen LogP contribution in [0.5, 0.6) is 0 Å². The second-order valence-corrected chi connectivity index (χ2v) is 4.74. The third-order valence-electron chi connectivity index (χ3n) is 3.22. The summed E-state index contributed by atoms with van der Waals surface area (Å²) in [6, 6.07) is 8.48. The van der Waals surface area contributed by atoms with Crippen LogP contribution >= 0.6 is 0 Å². The van der Waals surface area contributed by atoms with Gasteiger partial charge in [-0.25, -0.2) is 4.98 Å². The molecule has 0 saturated carbocycles. The minimum absolute atomic E-state index is 0.0860. The normalized spacial score (nSPS) is 12.0. The molecular weight excluding hydrogens is 281 g/mol. The molecule has 0 unspecified atom stereocenters. The summed E-state index contributed by atoms with van der Waals surface area (Å²) in [5, 5.41) is 0. The lowest BCUT2D eigenvalue weighted by molar-refractivity contribution is -0.137. The molecule has 0 atom stereocenters. The molecule has 0 bridgehead atoms. The number of aryl methyl sites for hydroxylation is 1. The molecule has 2 aromatic carbocycles. The Morgan fingerprint density at radius 3 is 2.57 bits per heavy atom. The third-order valence-corrected chi connectivity index (χ3v) is 3.22. The first-order chi connectivity index (χ1) is 9.86. The molecule has 2 N–H and O–H groups in total. The molecule has 1 aromatic heterocycles. The molecule has 0 radical (unpaired) electrons. The molecule has 3 nitrogen and oxygen atoms in total. The van der Waals surface area contributed by atoms with Crippen molar-refractivity contribution < 1.29 is 17.6 Å². The maximum Gasteiger partial charge on any atom is 0.416 e. The minimum atomic E-state index is -4.44. The van der Waals surface area contributed by atoms with Crippen molar-refractivity contribution in [3.05, 3.63) is 47.5 Å². The van der Waals surface area contributed by atoms with Crippen molar-refractivity contribution in [2.24, 2.45) is 0 Å². The van der Waals surface area contributed by atoms with Crippen molar-refractivity contribution in [1.29, 1.82) is 0 Å². The van der Waals surface area contributed by atoms with Gasteiger partial charge in [0.1, 0.15) is 5.52 Å². The molecule has 21 heavy (non-hydrogen) atoms. The first-order valence-corrected chi connectivity index (χ1v) is 6.19. The number of para-hydroxylation sites is 1. The van der Waals surface area contributed by atoms with E-state index in [4.69, 9.17) is 10.2 Å². The predicted octanol–water partition coefficient (Wildman–Crippen LogP) is 4.40. The number of aromatic nitrogens is 1. The molecule has 0 saturated heterocycles. The lowest BCUT2D eigenvalue weighted by Gasteiger charge is -2.09. The molecule has 3 aromatic rings. The number of nitrogens with zero attached hydrogens (tertiary/aromatic N) is 1. The van der Waals surface area contributed by atoms with E-state index in [0.29, 0.717) is 11.1 Å². The van der Waals surface area contributed by atoms with Crippen LogP contribution < -0.4 is 5.73 Å². The monoisotopic (exact) mass is 292 g/mol. The topological polar surface area (TPSA) is 52.0 Å². The van der Waals surface area contributed by atoms with Crippen molar-refractivity contribution in [2.45, 2.75) is 13.1 Å². The number of hydrogen-bond acceptors (Lipinski definition) is 3. The quantitative estimate of drug-likeness (QED) is 0.676. The van der Waals surface area contributed by atoms with Crippen molar-refractivity contribution in [3.63, 3.8) is 0 Å². The largest absolute Gasteiger partial charge is 0.436 e. The van der Waals surface area contributed by atoms with E-state index in [9.17, 15) is 13.2 Å². The lowest BCUT2D eigenvalue weighted by Crippen LogP contribution is -2.05. The summed E-state index contributed by atoms with van der Waals surface area (Å²) in [5.74, 6) is 0.0860. The van der Waals surface area contributed by atoms with E-state index in [2.05, 4.69) is 4.98 Å². The van der Waals surface area contributed by atoms with Gasteiger partial charge in [0.25, 0.3) is 0 Å². The summed E-state index contributed by atoms with van der Waals surface area (Å²) < 4.78 is 44.0. The van der Waals surface area contributed by atoms with E-state index in [1.54, 1.807) is 12.1 Å². The van der Waals surface area contributed by atoms with Crippen LogP contribution in [0.25, 0.3) is 22.6 Å².